The first-order chi connectivity index (χ1) is 26.0. The van der Waals surface area contributed by atoms with E-state index in [4.69, 9.17) is 4.99 Å². The van der Waals surface area contributed by atoms with Gasteiger partial charge in [0, 0.05) is 16.7 Å². The lowest BCUT2D eigenvalue weighted by Gasteiger charge is -2.24. The van der Waals surface area contributed by atoms with Crippen LogP contribution in [-0.4, -0.2) is 5.71 Å². The third-order valence-corrected chi connectivity index (χ3v) is 12.1. The molecule has 3 aliphatic rings. The van der Waals surface area contributed by atoms with Crippen LogP contribution in [0.4, 0.5) is 0 Å². The maximum atomic E-state index is 5.62. The fourth-order valence-corrected chi connectivity index (χ4v) is 9.38. The third-order valence-electron chi connectivity index (χ3n) is 12.1. The Morgan fingerprint density at radius 1 is 0.585 bits per heavy atom. The first-order valence-electron chi connectivity index (χ1n) is 19.6. The predicted octanol–water partition coefficient (Wildman–Crippen LogP) is 13.8. The van der Waals surface area contributed by atoms with Gasteiger partial charge in [0.1, 0.15) is 0 Å². The number of aliphatic imine (C=N–C) groups is 1. The summed E-state index contributed by atoms with van der Waals surface area (Å²) in [6.45, 7) is 7.11. The maximum absolute atomic E-state index is 5.62. The zero-order valence-corrected chi connectivity index (χ0v) is 31.2. The average Bonchev–Trinajstić information content (AvgIpc) is 3.31. The number of fused-ring (bicyclic) bond motifs is 6. The van der Waals surface area contributed by atoms with Gasteiger partial charge in [0.05, 0.1) is 5.70 Å². The molecule has 1 heterocycles. The topological polar surface area (TPSA) is 12.4 Å². The summed E-state index contributed by atoms with van der Waals surface area (Å²) >= 11 is 0. The zero-order chi connectivity index (χ0) is 35.9. The minimum Gasteiger partial charge on any atom is -0.252 e. The van der Waals surface area contributed by atoms with E-state index in [1.165, 1.54) is 83.6 Å². The summed E-state index contributed by atoms with van der Waals surface area (Å²) in [6, 6.07) is 54.0. The SMILES string of the molecule is CCC1=C(c2cccc(-c3ccccc3)c2)N=C(c2ccccc2)CCC=C1CC1CCc2cc3c(cc2-c2ccccc21)C(C)(C)c1ccccc1-3. The Bertz CT molecular complexity index is 2420. The summed E-state index contributed by atoms with van der Waals surface area (Å²) in [7, 11) is 0. The van der Waals surface area contributed by atoms with E-state index in [1.54, 1.807) is 0 Å². The Labute approximate surface area is 315 Å². The second-order valence-electron chi connectivity index (χ2n) is 15.6. The van der Waals surface area contributed by atoms with Crippen LogP contribution < -0.4 is 0 Å². The highest BCUT2D eigenvalue weighted by atomic mass is 14.8. The van der Waals surface area contributed by atoms with E-state index >= 15 is 0 Å². The number of hydrogen-bond donors (Lipinski definition) is 0. The van der Waals surface area contributed by atoms with Gasteiger partial charge in [0.15, 0.2) is 0 Å². The molecule has 1 atom stereocenters. The van der Waals surface area contributed by atoms with Crippen molar-refractivity contribution in [1.29, 1.82) is 0 Å². The fraction of sp³-hybridized carbons (Fsp3) is 0.212. The molecular weight excluding hydrogens is 639 g/mol. The lowest BCUT2D eigenvalue weighted by Crippen LogP contribution is -2.15. The molecule has 1 aliphatic heterocycles. The molecule has 0 bridgehead atoms. The van der Waals surface area contributed by atoms with Crippen LogP contribution in [0.15, 0.2) is 168 Å². The first kappa shape index (κ1) is 33.3. The van der Waals surface area contributed by atoms with Crippen molar-refractivity contribution in [1.82, 2.24) is 0 Å². The van der Waals surface area contributed by atoms with Gasteiger partial charge in [-0.15, -0.1) is 0 Å². The van der Waals surface area contributed by atoms with E-state index < -0.39 is 0 Å². The summed E-state index contributed by atoms with van der Waals surface area (Å²) < 4.78 is 0. The van der Waals surface area contributed by atoms with Crippen LogP contribution in [0.25, 0.3) is 39.1 Å². The summed E-state index contributed by atoms with van der Waals surface area (Å²) in [5.74, 6) is 0.412. The minimum absolute atomic E-state index is 0.0145. The molecule has 6 aromatic carbocycles. The minimum atomic E-state index is -0.0145. The average molecular weight is 686 g/mol. The van der Waals surface area contributed by atoms with Crippen LogP contribution in [0.3, 0.4) is 0 Å². The number of benzene rings is 6. The van der Waals surface area contributed by atoms with Gasteiger partial charge in [-0.25, -0.2) is 0 Å². The second kappa shape index (κ2) is 13.8. The van der Waals surface area contributed by atoms with Gasteiger partial charge in [-0.2, -0.15) is 0 Å². The molecule has 0 N–H and O–H groups in total. The molecule has 1 heteroatoms. The van der Waals surface area contributed by atoms with E-state index in [9.17, 15) is 0 Å². The summed E-state index contributed by atoms with van der Waals surface area (Å²) in [4.78, 5) is 5.62. The van der Waals surface area contributed by atoms with Gasteiger partial charge in [-0.1, -0.05) is 160 Å². The van der Waals surface area contributed by atoms with Gasteiger partial charge >= 0.3 is 0 Å². The van der Waals surface area contributed by atoms with E-state index in [0.29, 0.717) is 5.92 Å². The number of hydrogen-bond acceptors (Lipinski definition) is 1. The van der Waals surface area contributed by atoms with Crippen LogP contribution in [0.2, 0.25) is 0 Å². The maximum Gasteiger partial charge on any atom is 0.0740 e. The molecule has 6 aromatic rings. The molecule has 1 unspecified atom stereocenters. The largest absolute Gasteiger partial charge is 0.252 e. The van der Waals surface area contributed by atoms with Crippen molar-refractivity contribution in [2.45, 2.75) is 70.6 Å². The van der Waals surface area contributed by atoms with Crippen LogP contribution in [0, 0.1) is 0 Å². The zero-order valence-electron chi connectivity index (χ0n) is 31.2. The Morgan fingerprint density at radius 3 is 2.06 bits per heavy atom. The van der Waals surface area contributed by atoms with Gasteiger partial charge in [0.2, 0.25) is 0 Å². The van der Waals surface area contributed by atoms with Gasteiger partial charge in [-0.05, 0) is 129 Å². The van der Waals surface area contributed by atoms with Crippen molar-refractivity contribution in [2.75, 3.05) is 0 Å². The molecule has 53 heavy (non-hydrogen) atoms. The molecule has 1 nitrogen and oxygen atoms in total. The summed E-state index contributed by atoms with van der Waals surface area (Å²) in [5, 5.41) is 0. The molecule has 0 fully saturated rings. The highest BCUT2D eigenvalue weighted by Crippen LogP contribution is 2.52. The number of rotatable bonds is 6. The molecule has 260 valence electrons. The van der Waals surface area contributed by atoms with Crippen molar-refractivity contribution in [3.63, 3.8) is 0 Å². The van der Waals surface area contributed by atoms with Crippen LogP contribution in [-0.2, 0) is 11.8 Å². The highest BCUT2D eigenvalue weighted by molar-refractivity contribution is 6.04. The van der Waals surface area contributed by atoms with Crippen molar-refractivity contribution in [3.05, 3.63) is 196 Å². The molecule has 0 spiro atoms. The van der Waals surface area contributed by atoms with E-state index in [1.807, 2.05) is 0 Å². The molecule has 0 radical (unpaired) electrons. The summed E-state index contributed by atoms with van der Waals surface area (Å²) in [5.41, 5.74) is 21.5. The number of aryl methyl sites for hydroxylation is 1. The van der Waals surface area contributed by atoms with Crippen molar-refractivity contribution < 1.29 is 0 Å². The van der Waals surface area contributed by atoms with E-state index in [2.05, 4.69) is 172 Å². The molecule has 0 amide bonds. The Morgan fingerprint density at radius 2 is 1.26 bits per heavy atom. The smallest absolute Gasteiger partial charge is 0.0740 e. The van der Waals surface area contributed by atoms with Gasteiger partial charge < -0.3 is 0 Å². The van der Waals surface area contributed by atoms with Gasteiger partial charge in [-0.3, -0.25) is 4.99 Å². The van der Waals surface area contributed by atoms with Crippen LogP contribution >= 0.6 is 0 Å². The van der Waals surface area contributed by atoms with Crippen molar-refractivity contribution in [3.8, 4) is 33.4 Å². The molecule has 0 saturated heterocycles. The van der Waals surface area contributed by atoms with Crippen molar-refractivity contribution >= 4 is 11.4 Å². The predicted molar refractivity (Wildman–Crippen MR) is 225 cm³/mol. The fourth-order valence-electron chi connectivity index (χ4n) is 9.38. The Kier molecular flexibility index (Phi) is 8.67. The number of allylic oxidation sites excluding steroid dienone is 3. The lowest BCUT2D eigenvalue weighted by atomic mass is 9.80. The molecule has 0 saturated carbocycles. The van der Waals surface area contributed by atoms with E-state index in [-0.39, 0.29) is 5.41 Å². The van der Waals surface area contributed by atoms with Crippen LogP contribution in [0.5, 0.6) is 0 Å². The molecular formula is C52H47N. The molecule has 9 rings (SSSR count). The normalized spacial score (nSPS) is 17.3. The Hall–Kier alpha value is -5.53. The standard InChI is InChI=1S/C52H47N/c1-4-42-38(22-16-28-50(36-19-9-6-10-20-36)53-51(42)41-23-15-21-37(31-41)35-17-7-5-8-18-35)32-39-29-30-40-33-47-45-26-13-14-27-48(45)52(2,3)49(47)34-46(40)44-25-12-11-24-43(39)44/h5-15,17-27,31,33-34,39H,4,16,28-30,32H2,1-3H3. The lowest BCUT2D eigenvalue weighted by molar-refractivity contribution is 0.624. The molecule has 2 aliphatic carbocycles. The molecule has 0 aromatic heterocycles. The second-order valence-corrected chi connectivity index (χ2v) is 15.6. The van der Waals surface area contributed by atoms with Gasteiger partial charge in [0.25, 0.3) is 0 Å². The van der Waals surface area contributed by atoms with Crippen LogP contribution in [0.1, 0.15) is 92.2 Å². The highest BCUT2D eigenvalue weighted by Gasteiger charge is 2.37. The van der Waals surface area contributed by atoms with E-state index in [0.717, 1.165) is 44.2 Å². The third kappa shape index (κ3) is 6.03. The first-order valence-corrected chi connectivity index (χ1v) is 19.6. The number of nitrogens with zero attached hydrogens (tertiary/aromatic N) is 1. The monoisotopic (exact) mass is 685 g/mol. The quantitative estimate of drug-likeness (QED) is 0.165. The summed E-state index contributed by atoms with van der Waals surface area (Å²) in [6.07, 6.45) is 8.61. The van der Waals surface area contributed by atoms with Crippen molar-refractivity contribution in [2.24, 2.45) is 4.99 Å². The Balaban J connectivity index is 1.14.